The van der Waals surface area contributed by atoms with Crippen molar-refractivity contribution in [3.63, 3.8) is 0 Å². The monoisotopic (exact) mass is 220 g/mol. The van der Waals surface area contributed by atoms with Gasteiger partial charge >= 0.3 is 0 Å². The molecule has 1 fully saturated rings. The molecule has 1 aromatic heterocycles. The number of likely N-dealkylation sites (tertiary alicyclic amines) is 1. The molecule has 6 nitrogen and oxygen atoms in total. The fourth-order valence-corrected chi connectivity index (χ4v) is 1.64. The van der Waals surface area contributed by atoms with Crippen LogP contribution in [0, 0.1) is 0 Å². The number of carbonyl (C=O) groups is 2. The third-order valence-electron chi connectivity index (χ3n) is 2.47. The second kappa shape index (κ2) is 4.26. The lowest BCUT2D eigenvalue weighted by atomic mass is 10.2. The highest BCUT2D eigenvalue weighted by atomic mass is 16.2. The number of nitrogens with one attached hydrogen (secondary N) is 1. The standard InChI is InChI=1S/C10H12N4O2/c1-14-6-7(4-9(14)15)13-10(16)8-5-11-2-3-12-8/h2-3,5,7H,4,6H2,1H3,(H,13,16). The Labute approximate surface area is 92.7 Å². The van der Waals surface area contributed by atoms with Gasteiger partial charge in [-0.1, -0.05) is 0 Å². The summed E-state index contributed by atoms with van der Waals surface area (Å²) < 4.78 is 0. The summed E-state index contributed by atoms with van der Waals surface area (Å²) in [5, 5.41) is 2.75. The highest BCUT2D eigenvalue weighted by Crippen LogP contribution is 2.08. The van der Waals surface area contributed by atoms with Crippen LogP contribution in [-0.4, -0.2) is 46.3 Å². The maximum absolute atomic E-state index is 11.7. The molecule has 1 saturated heterocycles. The Morgan fingerprint density at radius 1 is 1.56 bits per heavy atom. The van der Waals surface area contributed by atoms with Gasteiger partial charge in [0.2, 0.25) is 5.91 Å². The second-order valence-electron chi connectivity index (χ2n) is 3.74. The van der Waals surface area contributed by atoms with Crippen LogP contribution in [-0.2, 0) is 4.79 Å². The topological polar surface area (TPSA) is 75.2 Å². The van der Waals surface area contributed by atoms with Crippen molar-refractivity contribution in [3.8, 4) is 0 Å². The van der Waals surface area contributed by atoms with Crippen LogP contribution in [0.25, 0.3) is 0 Å². The Hall–Kier alpha value is -1.98. The molecule has 1 aliphatic rings. The molecule has 1 aromatic rings. The number of likely N-dealkylation sites (N-methyl/N-ethyl adjacent to an activating group) is 1. The van der Waals surface area contributed by atoms with Gasteiger partial charge in [-0.15, -0.1) is 0 Å². The van der Waals surface area contributed by atoms with E-state index in [9.17, 15) is 9.59 Å². The quantitative estimate of drug-likeness (QED) is 0.724. The summed E-state index contributed by atoms with van der Waals surface area (Å²) in [5.41, 5.74) is 0.268. The molecule has 0 aliphatic carbocycles. The molecule has 16 heavy (non-hydrogen) atoms. The molecule has 1 N–H and O–H groups in total. The van der Waals surface area contributed by atoms with Crippen molar-refractivity contribution in [2.24, 2.45) is 0 Å². The Morgan fingerprint density at radius 3 is 2.94 bits per heavy atom. The molecule has 1 atom stereocenters. The predicted molar refractivity (Wildman–Crippen MR) is 55.5 cm³/mol. The van der Waals surface area contributed by atoms with Gasteiger partial charge < -0.3 is 10.2 Å². The first-order valence-corrected chi connectivity index (χ1v) is 4.97. The first-order valence-electron chi connectivity index (χ1n) is 4.97. The number of hydrogen-bond donors (Lipinski definition) is 1. The molecular formula is C10H12N4O2. The zero-order chi connectivity index (χ0) is 11.5. The average Bonchev–Trinajstić information content (AvgIpc) is 2.59. The number of nitrogens with zero attached hydrogens (tertiary/aromatic N) is 3. The molecule has 0 aromatic carbocycles. The smallest absolute Gasteiger partial charge is 0.271 e. The fourth-order valence-electron chi connectivity index (χ4n) is 1.64. The summed E-state index contributed by atoms with van der Waals surface area (Å²) in [4.78, 5) is 32.2. The first kappa shape index (κ1) is 10.5. The van der Waals surface area contributed by atoms with E-state index in [0.717, 1.165) is 0 Å². The third kappa shape index (κ3) is 2.16. The van der Waals surface area contributed by atoms with Crippen LogP contribution in [0.3, 0.4) is 0 Å². The maximum atomic E-state index is 11.7. The maximum Gasteiger partial charge on any atom is 0.271 e. The van der Waals surface area contributed by atoms with Gasteiger partial charge in [-0.2, -0.15) is 0 Å². The van der Waals surface area contributed by atoms with E-state index in [1.165, 1.54) is 18.6 Å². The van der Waals surface area contributed by atoms with Crippen molar-refractivity contribution in [3.05, 3.63) is 24.3 Å². The van der Waals surface area contributed by atoms with Gasteiger partial charge in [0.05, 0.1) is 12.2 Å². The van der Waals surface area contributed by atoms with E-state index in [1.54, 1.807) is 11.9 Å². The molecule has 1 unspecified atom stereocenters. The van der Waals surface area contributed by atoms with Gasteiger partial charge in [-0.05, 0) is 0 Å². The van der Waals surface area contributed by atoms with Crippen molar-refractivity contribution in [1.29, 1.82) is 0 Å². The van der Waals surface area contributed by atoms with E-state index in [4.69, 9.17) is 0 Å². The Kier molecular flexibility index (Phi) is 2.80. The average molecular weight is 220 g/mol. The molecule has 0 saturated carbocycles. The lowest BCUT2D eigenvalue weighted by Gasteiger charge is -2.11. The van der Waals surface area contributed by atoms with Gasteiger partial charge in [0.15, 0.2) is 0 Å². The largest absolute Gasteiger partial charge is 0.346 e. The Morgan fingerprint density at radius 2 is 2.38 bits per heavy atom. The molecule has 2 amide bonds. The van der Waals surface area contributed by atoms with Crippen LogP contribution in [0.2, 0.25) is 0 Å². The minimum absolute atomic E-state index is 0.0458. The van der Waals surface area contributed by atoms with E-state index in [-0.39, 0.29) is 23.6 Å². The molecule has 0 spiro atoms. The molecule has 1 aliphatic heterocycles. The number of aromatic nitrogens is 2. The van der Waals surface area contributed by atoms with E-state index in [0.29, 0.717) is 13.0 Å². The molecule has 84 valence electrons. The summed E-state index contributed by atoms with van der Waals surface area (Å²) in [6, 6.07) is -0.132. The zero-order valence-corrected chi connectivity index (χ0v) is 8.88. The molecule has 2 heterocycles. The minimum atomic E-state index is -0.291. The highest BCUT2D eigenvalue weighted by molar-refractivity contribution is 5.92. The van der Waals surface area contributed by atoms with Crippen LogP contribution in [0.1, 0.15) is 16.9 Å². The fraction of sp³-hybridized carbons (Fsp3) is 0.400. The van der Waals surface area contributed by atoms with Gasteiger partial charge in [0.25, 0.3) is 5.91 Å². The third-order valence-corrected chi connectivity index (χ3v) is 2.47. The number of rotatable bonds is 2. The summed E-state index contributed by atoms with van der Waals surface area (Å²) in [7, 11) is 1.72. The summed E-state index contributed by atoms with van der Waals surface area (Å²) in [6.07, 6.45) is 4.71. The second-order valence-corrected chi connectivity index (χ2v) is 3.74. The van der Waals surface area contributed by atoms with Gasteiger partial charge in [-0.25, -0.2) is 4.98 Å². The van der Waals surface area contributed by atoms with Crippen molar-refractivity contribution in [2.45, 2.75) is 12.5 Å². The van der Waals surface area contributed by atoms with Crippen LogP contribution < -0.4 is 5.32 Å². The van der Waals surface area contributed by atoms with E-state index in [2.05, 4.69) is 15.3 Å². The summed E-state index contributed by atoms with van der Waals surface area (Å²) in [5.74, 6) is -0.245. The molecule has 0 radical (unpaired) electrons. The normalized spacial score (nSPS) is 19.9. The van der Waals surface area contributed by atoms with Crippen LogP contribution >= 0.6 is 0 Å². The van der Waals surface area contributed by atoms with Crippen LogP contribution in [0.5, 0.6) is 0 Å². The molecule has 2 rings (SSSR count). The van der Waals surface area contributed by atoms with Gasteiger partial charge in [-0.3, -0.25) is 14.6 Å². The summed E-state index contributed by atoms with van der Waals surface area (Å²) in [6.45, 7) is 0.546. The zero-order valence-electron chi connectivity index (χ0n) is 8.88. The van der Waals surface area contributed by atoms with E-state index >= 15 is 0 Å². The molecule has 6 heteroatoms. The van der Waals surface area contributed by atoms with Crippen LogP contribution in [0.4, 0.5) is 0 Å². The lowest BCUT2D eigenvalue weighted by molar-refractivity contribution is -0.126. The Bertz CT molecular complexity index is 407. The first-order chi connectivity index (χ1) is 7.66. The minimum Gasteiger partial charge on any atom is -0.346 e. The van der Waals surface area contributed by atoms with Gasteiger partial charge in [0.1, 0.15) is 5.69 Å². The SMILES string of the molecule is CN1CC(NC(=O)c2cnccn2)CC1=O. The van der Waals surface area contributed by atoms with E-state index < -0.39 is 0 Å². The predicted octanol–water partition coefficient (Wildman–Crippen LogP) is -0.563. The van der Waals surface area contributed by atoms with Crippen molar-refractivity contribution in [1.82, 2.24) is 20.2 Å². The summed E-state index contributed by atoms with van der Waals surface area (Å²) >= 11 is 0. The molecular weight excluding hydrogens is 208 g/mol. The van der Waals surface area contributed by atoms with Crippen LogP contribution in [0.15, 0.2) is 18.6 Å². The highest BCUT2D eigenvalue weighted by Gasteiger charge is 2.28. The van der Waals surface area contributed by atoms with Crippen molar-refractivity contribution < 1.29 is 9.59 Å². The lowest BCUT2D eigenvalue weighted by Crippen LogP contribution is -2.36. The number of carbonyl (C=O) groups excluding carboxylic acids is 2. The van der Waals surface area contributed by atoms with Crippen molar-refractivity contribution in [2.75, 3.05) is 13.6 Å². The Balaban J connectivity index is 1.97. The van der Waals surface area contributed by atoms with Crippen molar-refractivity contribution >= 4 is 11.8 Å². The number of hydrogen-bond acceptors (Lipinski definition) is 4. The number of amides is 2. The molecule has 0 bridgehead atoms. The van der Waals surface area contributed by atoms with E-state index in [1.807, 2.05) is 0 Å². The van der Waals surface area contributed by atoms with Gasteiger partial charge in [0, 0.05) is 32.4 Å².